The maximum atomic E-state index is 12.8. The lowest BCUT2D eigenvalue weighted by Crippen LogP contribution is -2.40. The number of hydrogen-bond acceptors (Lipinski definition) is 12. The van der Waals surface area contributed by atoms with Crippen LogP contribution in [0.25, 0.3) is 11.2 Å². The smallest absolute Gasteiger partial charge is 0.330 e. The fraction of sp³-hybridized carbons (Fsp3) is 0.440. The Morgan fingerprint density at radius 3 is 2.38 bits per heavy atom. The number of nitrogens with one attached hydrogen (secondary N) is 1. The first-order valence-electron chi connectivity index (χ1n) is 12.8. The van der Waals surface area contributed by atoms with E-state index in [4.69, 9.17) is 20.5 Å². The fourth-order valence-electron chi connectivity index (χ4n) is 3.97. The van der Waals surface area contributed by atoms with E-state index in [1.807, 2.05) is 11.9 Å². The average molecular weight is 575 g/mol. The molecule has 0 fully saturated rings. The van der Waals surface area contributed by atoms with Gasteiger partial charge in [0.1, 0.15) is 6.04 Å². The number of carboxylic acids is 1. The molecule has 2 heterocycles. The number of nitrogen functional groups attached to an aromatic ring is 2. The molecule has 1 unspecified atom stereocenters. The van der Waals surface area contributed by atoms with Gasteiger partial charge in [-0.15, -0.1) is 0 Å². The standard InChI is InChI=1S/C25H35N8O6P/c1-4-38-40(37,39-5-2)13-7-6-8-19(24(35)36)30-23(34)16-9-11-18(12-10-16)33(3)15-17-14-28-22-20(29-17)21(26)31-25(27)32-22/h9-12,14,19H,4-8,13,15H2,1-3H3,(H,30,34)(H,35,36)(H4,26,27,28,31,32). The lowest BCUT2D eigenvalue weighted by molar-refractivity contribution is -0.139. The number of unbranched alkanes of at least 4 members (excludes halogenated alkanes) is 1. The zero-order valence-electron chi connectivity index (χ0n) is 22.7. The van der Waals surface area contributed by atoms with Gasteiger partial charge in [0.25, 0.3) is 5.91 Å². The predicted molar refractivity (Wildman–Crippen MR) is 151 cm³/mol. The lowest BCUT2D eigenvalue weighted by atomic mass is 10.1. The maximum absolute atomic E-state index is 12.8. The number of benzene rings is 1. The van der Waals surface area contributed by atoms with E-state index in [9.17, 15) is 19.3 Å². The van der Waals surface area contributed by atoms with Gasteiger partial charge in [-0.2, -0.15) is 9.97 Å². The molecule has 1 amide bonds. The number of anilines is 3. The van der Waals surface area contributed by atoms with Crippen LogP contribution >= 0.6 is 7.60 Å². The predicted octanol–water partition coefficient (Wildman–Crippen LogP) is 2.84. The Hall–Kier alpha value is -3.87. The average Bonchev–Trinajstić information content (AvgIpc) is 2.90. The molecular weight excluding hydrogens is 539 g/mol. The van der Waals surface area contributed by atoms with Crippen molar-refractivity contribution in [3.05, 3.63) is 41.7 Å². The third kappa shape index (κ3) is 8.31. The van der Waals surface area contributed by atoms with Crippen molar-refractivity contribution in [3.63, 3.8) is 0 Å². The molecule has 15 heteroatoms. The van der Waals surface area contributed by atoms with E-state index < -0.39 is 25.5 Å². The zero-order valence-corrected chi connectivity index (χ0v) is 23.6. The molecule has 0 spiro atoms. The molecule has 0 saturated heterocycles. The highest BCUT2D eigenvalue weighted by Gasteiger charge is 2.25. The number of carboxylic acid groups (broad SMARTS) is 1. The first kappa shape index (κ1) is 30.7. The number of aromatic nitrogens is 4. The van der Waals surface area contributed by atoms with Crippen LogP contribution in [0.5, 0.6) is 0 Å². The molecule has 40 heavy (non-hydrogen) atoms. The Bertz CT molecular complexity index is 1360. The third-order valence-electron chi connectivity index (χ3n) is 5.90. The van der Waals surface area contributed by atoms with Gasteiger partial charge in [0.15, 0.2) is 17.0 Å². The number of carbonyl (C=O) groups is 2. The van der Waals surface area contributed by atoms with Crippen LogP contribution < -0.4 is 21.7 Å². The minimum absolute atomic E-state index is 0.0227. The minimum atomic E-state index is -3.19. The van der Waals surface area contributed by atoms with Crippen molar-refractivity contribution in [2.24, 2.45) is 0 Å². The van der Waals surface area contributed by atoms with Crippen LogP contribution in [0, 0.1) is 0 Å². The van der Waals surface area contributed by atoms with Gasteiger partial charge in [0.2, 0.25) is 5.95 Å². The molecule has 0 saturated carbocycles. The number of fused-ring (bicyclic) bond motifs is 1. The molecule has 0 radical (unpaired) electrons. The Morgan fingerprint density at radius 1 is 1.07 bits per heavy atom. The summed E-state index contributed by atoms with van der Waals surface area (Å²) in [6.45, 7) is 4.37. The molecule has 1 aromatic carbocycles. The van der Waals surface area contributed by atoms with Gasteiger partial charge in [-0.05, 0) is 51.0 Å². The van der Waals surface area contributed by atoms with Crippen LogP contribution in [0.3, 0.4) is 0 Å². The second-order valence-electron chi connectivity index (χ2n) is 8.93. The van der Waals surface area contributed by atoms with Crippen LogP contribution in [-0.2, 0) is 25.0 Å². The Balaban J connectivity index is 1.56. The molecule has 0 bridgehead atoms. The lowest BCUT2D eigenvalue weighted by Gasteiger charge is -2.20. The zero-order chi connectivity index (χ0) is 29.3. The summed E-state index contributed by atoms with van der Waals surface area (Å²) in [5, 5.41) is 12.2. The minimum Gasteiger partial charge on any atom is -0.480 e. The highest BCUT2D eigenvalue weighted by molar-refractivity contribution is 7.53. The largest absolute Gasteiger partial charge is 0.480 e. The second kappa shape index (κ2) is 14.0. The molecule has 0 aliphatic heterocycles. The van der Waals surface area contributed by atoms with Crippen LogP contribution in [-0.4, -0.2) is 69.4 Å². The van der Waals surface area contributed by atoms with Crippen molar-refractivity contribution in [2.75, 3.05) is 42.8 Å². The summed E-state index contributed by atoms with van der Waals surface area (Å²) in [4.78, 5) is 43.1. The third-order valence-corrected chi connectivity index (χ3v) is 8.07. The summed E-state index contributed by atoms with van der Waals surface area (Å²) in [5.74, 6) is -1.49. The maximum Gasteiger partial charge on any atom is 0.330 e. The molecule has 3 rings (SSSR count). The van der Waals surface area contributed by atoms with E-state index >= 15 is 0 Å². The molecular formula is C25H35N8O6P. The number of nitrogens with zero attached hydrogens (tertiary/aromatic N) is 5. The molecule has 1 atom stereocenters. The van der Waals surface area contributed by atoms with Crippen LogP contribution in [0.4, 0.5) is 17.5 Å². The quantitative estimate of drug-likeness (QED) is 0.152. The molecule has 0 aliphatic carbocycles. The molecule has 2 aromatic heterocycles. The normalized spacial score (nSPS) is 12.3. The van der Waals surface area contributed by atoms with E-state index in [1.54, 1.807) is 44.3 Å². The number of aliphatic carboxylic acids is 1. The van der Waals surface area contributed by atoms with Gasteiger partial charge in [-0.1, -0.05) is 6.42 Å². The fourth-order valence-corrected chi connectivity index (χ4v) is 5.70. The Labute approximate surface area is 232 Å². The summed E-state index contributed by atoms with van der Waals surface area (Å²) in [6, 6.07) is 5.63. The number of nitrogens with two attached hydrogens (primary N) is 2. The van der Waals surface area contributed by atoms with Gasteiger partial charge >= 0.3 is 13.6 Å². The van der Waals surface area contributed by atoms with Crippen molar-refractivity contribution in [1.82, 2.24) is 25.3 Å². The van der Waals surface area contributed by atoms with Gasteiger partial charge in [-0.3, -0.25) is 9.36 Å². The molecule has 14 nitrogen and oxygen atoms in total. The highest BCUT2D eigenvalue weighted by Crippen LogP contribution is 2.48. The Kier molecular flexibility index (Phi) is 10.7. The van der Waals surface area contributed by atoms with Crippen molar-refractivity contribution in [1.29, 1.82) is 0 Å². The summed E-state index contributed by atoms with van der Waals surface area (Å²) < 4.78 is 23.1. The van der Waals surface area contributed by atoms with Crippen LogP contribution in [0.2, 0.25) is 0 Å². The van der Waals surface area contributed by atoms with E-state index in [-0.39, 0.29) is 37.6 Å². The molecule has 0 aliphatic rings. The monoisotopic (exact) mass is 574 g/mol. The van der Waals surface area contributed by atoms with Crippen molar-refractivity contribution < 1.29 is 28.3 Å². The van der Waals surface area contributed by atoms with Crippen molar-refractivity contribution in [2.45, 2.75) is 45.7 Å². The summed E-state index contributed by atoms with van der Waals surface area (Å²) >= 11 is 0. The van der Waals surface area contributed by atoms with Gasteiger partial charge < -0.3 is 35.8 Å². The number of rotatable bonds is 15. The molecule has 216 valence electrons. The summed E-state index contributed by atoms with van der Waals surface area (Å²) in [5.41, 5.74) is 13.9. The number of amides is 1. The Morgan fingerprint density at radius 2 is 1.75 bits per heavy atom. The number of carbonyl (C=O) groups excluding carboxylic acids is 1. The van der Waals surface area contributed by atoms with Gasteiger partial charge in [-0.25, -0.2) is 14.8 Å². The first-order chi connectivity index (χ1) is 19.0. The summed E-state index contributed by atoms with van der Waals surface area (Å²) in [7, 11) is -1.34. The van der Waals surface area contributed by atoms with Crippen LogP contribution in [0.1, 0.15) is 49.2 Å². The van der Waals surface area contributed by atoms with Gasteiger partial charge in [0, 0.05) is 18.3 Å². The second-order valence-corrected chi connectivity index (χ2v) is 11.1. The topological polar surface area (TPSA) is 209 Å². The summed E-state index contributed by atoms with van der Waals surface area (Å²) in [6.07, 6.45) is 2.80. The van der Waals surface area contributed by atoms with Crippen molar-refractivity contribution in [3.8, 4) is 0 Å². The van der Waals surface area contributed by atoms with E-state index in [1.165, 1.54) is 0 Å². The van der Waals surface area contributed by atoms with E-state index in [0.717, 1.165) is 5.69 Å². The van der Waals surface area contributed by atoms with Gasteiger partial charge in [0.05, 0.1) is 37.8 Å². The number of hydrogen-bond donors (Lipinski definition) is 4. The highest BCUT2D eigenvalue weighted by atomic mass is 31.2. The van der Waals surface area contributed by atoms with Crippen molar-refractivity contribution >= 4 is 48.1 Å². The SMILES string of the molecule is CCOP(=O)(CCCCC(NC(=O)c1ccc(N(C)Cc2cnc3nc(N)nc(N)c3n2)cc1)C(=O)O)OCC. The van der Waals surface area contributed by atoms with Crippen LogP contribution in [0.15, 0.2) is 30.5 Å². The van der Waals surface area contributed by atoms with E-state index in [2.05, 4.69) is 25.3 Å². The molecule has 3 aromatic rings. The molecule has 6 N–H and O–H groups in total. The van der Waals surface area contributed by atoms with E-state index in [0.29, 0.717) is 41.8 Å². The first-order valence-corrected chi connectivity index (χ1v) is 14.6.